The van der Waals surface area contributed by atoms with Crippen molar-refractivity contribution in [3.63, 3.8) is 0 Å². The van der Waals surface area contributed by atoms with Crippen LogP contribution in [-0.2, 0) is 0 Å². The number of para-hydroxylation sites is 1. The quantitative estimate of drug-likeness (QED) is 0.295. The summed E-state index contributed by atoms with van der Waals surface area (Å²) in [5.74, 6) is -0.241. The fourth-order valence-electron chi connectivity index (χ4n) is 3.27. The molecule has 0 bridgehead atoms. The lowest BCUT2D eigenvalue weighted by Crippen LogP contribution is -2.22. The molecule has 2 aromatic carbocycles. The Morgan fingerprint density at radius 3 is 2.61 bits per heavy atom. The molecule has 31 heavy (non-hydrogen) atoms. The highest BCUT2D eigenvalue weighted by atomic mass is 32.1. The molecular formula is C23H22N6OS. The first kappa shape index (κ1) is 20.5. The van der Waals surface area contributed by atoms with E-state index in [-0.39, 0.29) is 11.9 Å². The minimum atomic E-state index is -0.241. The monoisotopic (exact) mass is 430 g/mol. The lowest BCUT2D eigenvalue weighted by Gasteiger charge is -2.17. The largest absolute Gasteiger partial charge is 0.346 e. The number of benzene rings is 2. The van der Waals surface area contributed by atoms with Crippen LogP contribution >= 0.6 is 12.2 Å². The molecule has 0 radical (unpaired) electrons. The number of amides is 1. The number of anilines is 3. The van der Waals surface area contributed by atoms with Crippen molar-refractivity contribution in [3.8, 4) is 0 Å². The first-order valence-corrected chi connectivity index (χ1v) is 10.2. The summed E-state index contributed by atoms with van der Waals surface area (Å²) in [6.07, 6.45) is 3.43. The van der Waals surface area contributed by atoms with E-state index in [9.17, 15) is 4.79 Å². The molecule has 1 amide bonds. The molecular weight excluding hydrogens is 408 g/mol. The van der Waals surface area contributed by atoms with Crippen LogP contribution in [0.4, 0.5) is 17.1 Å². The number of carbonyl (C=O) groups excluding carboxylic acids is 1. The molecule has 7 nitrogen and oxygen atoms in total. The molecule has 0 saturated heterocycles. The number of nitrogens with two attached hydrogens (primary N) is 1. The average Bonchev–Trinajstić information content (AvgIpc) is 3.24. The summed E-state index contributed by atoms with van der Waals surface area (Å²) >= 11 is 5.45. The Morgan fingerprint density at radius 1 is 1.03 bits per heavy atom. The van der Waals surface area contributed by atoms with E-state index in [0.29, 0.717) is 27.7 Å². The fraction of sp³-hybridized carbons (Fsp3) is 0.0870. The summed E-state index contributed by atoms with van der Waals surface area (Å²) in [5.41, 5.74) is 10.4. The normalized spacial score (nSPS) is 11.7. The number of hydrogen-bond acceptors (Lipinski definition) is 4. The predicted molar refractivity (Wildman–Crippen MR) is 129 cm³/mol. The van der Waals surface area contributed by atoms with Crippen molar-refractivity contribution >= 4 is 51.3 Å². The van der Waals surface area contributed by atoms with Gasteiger partial charge in [-0.25, -0.2) is 4.98 Å². The maximum atomic E-state index is 12.9. The summed E-state index contributed by atoms with van der Waals surface area (Å²) < 4.78 is 0. The van der Waals surface area contributed by atoms with Crippen molar-refractivity contribution in [2.75, 3.05) is 16.0 Å². The fourth-order valence-corrected chi connectivity index (χ4v) is 3.50. The summed E-state index contributed by atoms with van der Waals surface area (Å²) in [5, 5.41) is 10.5. The molecule has 0 aliphatic rings. The number of thiocarbonyl (C=S) groups is 1. The Balaban J connectivity index is 1.56. The van der Waals surface area contributed by atoms with Gasteiger partial charge in [0.1, 0.15) is 5.65 Å². The predicted octanol–water partition coefficient (Wildman–Crippen LogP) is 4.64. The number of nitrogens with zero attached hydrogens (tertiary/aromatic N) is 1. The maximum absolute atomic E-state index is 12.9. The van der Waals surface area contributed by atoms with Crippen molar-refractivity contribution in [1.29, 1.82) is 0 Å². The highest BCUT2D eigenvalue weighted by Crippen LogP contribution is 2.25. The smallest absolute Gasteiger partial charge is 0.255 e. The van der Waals surface area contributed by atoms with E-state index in [4.69, 9.17) is 18.0 Å². The van der Waals surface area contributed by atoms with Gasteiger partial charge in [0.15, 0.2) is 5.11 Å². The van der Waals surface area contributed by atoms with Crippen molar-refractivity contribution in [3.05, 3.63) is 84.2 Å². The van der Waals surface area contributed by atoms with Crippen molar-refractivity contribution in [2.24, 2.45) is 5.73 Å². The van der Waals surface area contributed by atoms with Crippen LogP contribution in [0.25, 0.3) is 11.0 Å². The Morgan fingerprint density at radius 2 is 1.84 bits per heavy atom. The summed E-state index contributed by atoms with van der Waals surface area (Å²) in [6.45, 7) is 1.88. The van der Waals surface area contributed by atoms with Gasteiger partial charge in [0.25, 0.3) is 5.91 Å². The molecule has 0 saturated carbocycles. The van der Waals surface area contributed by atoms with Crippen LogP contribution in [0.3, 0.4) is 0 Å². The molecule has 0 aliphatic carbocycles. The standard InChI is InChI=1S/C23H22N6OS/c1-14(24)17-8-7-15(13-20(17)29-23(31)27-16-5-3-2-4-6-16)22(30)28-19-10-12-26-21-18(19)9-11-25-21/h2-14H,24H2,1H3,(H2,27,29,31)(H2,25,26,28,30). The zero-order chi connectivity index (χ0) is 21.8. The van der Waals surface area contributed by atoms with Crippen LogP contribution < -0.4 is 21.7 Å². The minimum Gasteiger partial charge on any atom is -0.346 e. The number of fused-ring (bicyclic) bond motifs is 1. The van der Waals surface area contributed by atoms with Gasteiger partial charge in [-0.2, -0.15) is 0 Å². The van der Waals surface area contributed by atoms with E-state index in [0.717, 1.165) is 16.6 Å². The second-order valence-electron chi connectivity index (χ2n) is 7.09. The van der Waals surface area contributed by atoms with E-state index >= 15 is 0 Å². The lowest BCUT2D eigenvalue weighted by atomic mass is 10.0. The van der Waals surface area contributed by atoms with E-state index in [1.165, 1.54) is 0 Å². The third-order valence-electron chi connectivity index (χ3n) is 4.79. The molecule has 4 rings (SSSR count). The van der Waals surface area contributed by atoms with Gasteiger partial charge in [-0.1, -0.05) is 24.3 Å². The number of aromatic nitrogens is 2. The number of H-pyrrole nitrogens is 1. The second kappa shape index (κ2) is 8.95. The van der Waals surface area contributed by atoms with Crippen LogP contribution in [0.15, 0.2) is 73.1 Å². The van der Waals surface area contributed by atoms with Crippen LogP contribution in [0.5, 0.6) is 0 Å². The molecule has 2 heterocycles. The molecule has 2 aromatic heterocycles. The molecule has 0 aliphatic heterocycles. The number of hydrogen-bond donors (Lipinski definition) is 5. The van der Waals surface area contributed by atoms with Gasteiger partial charge in [-0.15, -0.1) is 0 Å². The number of pyridine rings is 1. The van der Waals surface area contributed by atoms with Gasteiger partial charge in [0.2, 0.25) is 0 Å². The number of aromatic amines is 1. The molecule has 1 unspecified atom stereocenters. The van der Waals surface area contributed by atoms with Gasteiger partial charge in [0, 0.05) is 40.8 Å². The third-order valence-corrected chi connectivity index (χ3v) is 5.00. The zero-order valence-electron chi connectivity index (χ0n) is 16.8. The Hall–Kier alpha value is -3.75. The van der Waals surface area contributed by atoms with Crippen LogP contribution in [0.2, 0.25) is 0 Å². The molecule has 8 heteroatoms. The Kier molecular flexibility index (Phi) is 5.92. The van der Waals surface area contributed by atoms with Crippen LogP contribution in [0, 0.1) is 0 Å². The van der Waals surface area contributed by atoms with Gasteiger partial charge in [-0.05, 0) is 61.1 Å². The van der Waals surface area contributed by atoms with Crippen molar-refractivity contribution in [2.45, 2.75) is 13.0 Å². The van der Waals surface area contributed by atoms with Crippen molar-refractivity contribution < 1.29 is 4.79 Å². The number of rotatable bonds is 5. The molecule has 6 N–H and O–H groups in total. The lowest BCUT2D eigenvalue weighted by molar-refractivity contribution is 0.102. The molecule has 1 atom stereocenters. The van der Waals surface area contributed by atoms with Crippen LogP contribution in [0.1, 0.15) is 28.9 Å². The zero-order valence-corrected chi connectivity index (χ0v) is 17.7. The summed E-state index contributed by atoms with van der Waals surface area (Å²) in [6, 6.07) is 18.4. The van der Waals surface area contributed by atoms with Gasteiger partial charge >= 0.3 is 0 Å². The SMILES string of the molecule is CC(N)c1ccc(C(=O)Nc2ccnc3[nH]ccc23)cc1NC(=S)Nc1ccccc1. The molecule has 4 aromatic rings. The Labute approximate surface area is 185 Å². The summed E-state index contributed by atoms with van der Waals surface area (Å²) in [7, 11) is 0. The molecule has 0 fully saturated rings. The highest BCUT2D eigenvalue weighted by molar-refractivity contribution is 7.80. The maximum Gasteiger partial charge on any atom is 0.255 e. The van der Waals surface area contributed by atoms with Crippen molar-refractivity contribution in [1.82, 2.24) is 9.97 Å². The molecule has 0 spiro atoms. The first-order chi connectivity index (χ1) is 15.0. The number of nitrogens with one attached hydrogen (secondary N) is 4. The van der Waals surface area contributed by atoms with E-state index < -0.39 is 0 Å². The van der Waals surface area contributed by atoms with Gasteiger partial charge in [-0.3, -0.25) is 4.79 Å². The topological polar surface area (TPSA) is 108 Å². The second-order valence-corrected chi connectivity index (χ2v) is 7.50. The highest BCUT2D eigenvalue weighted by Gasteiger charge is 2.14. The van der Waals surface area contributed by atoms with Gasteiger partial charge < -0.3 is 26.7 Å². The van der Waals surface area contributed by atoms with Crippen LogP contribution in [-0.4, -0.2) is 21.0 Å². The summed E-state index contributed by atoms with van der Waals surface area (Å²) in [4.78, 5) is 20.2. The van der Waals surface area contributed by atoms with E-state index in [2.05, 4.69) is 25.9 Å². The first-order valence-electron chi connectivity index (χ1n) is 9.77. The van der Waals surface area contributed by atoms with E-state index in [1.807, 2.05) is 49.4 Å². The molecule has 156 valence electrons. The number of carbonyl (C=O) groups is 1. The van der Waals surface area contributed by atoms with Gasteiger partial charge in [0.05, 0.1) is 5.69 Å². The van der Waals surface area contributed by atoms with E-state index in [1.54, 1.807) is 30.6 Å². The Bertz CT molecular complexity index is 1240. The average molecular weight is 431 g/mol. The minimum absolute atomic E-state index is 0.237. The third kappa shape index (κ3) is 4.71.